The molecule has 160 valence electrons. The van der Waals surface area contributed by atoms with Gasteiger partial charge in [-0.2, -0.15) is 0 Å². The predicted molar refractivity (Wildman–Crippen MR) is 120 cm³/mol. The van der Waals surface area contributed by atoms with Gasteiger partial charge in [0.25, 0.3) is 0 Å². The van der Waals surface area contributed by atoms with Crippen molar-refractivity contribution < 1.29 is 13.2 Å². The molecule has 0 unspecified atom stereocenters. The SMILES string of the molecule is Cc1ccc(S(=O)(=O)N(C)C)cc1NC(=O)CSc1nnc(Cc2cccs2)n1C. The van der Waals surface area contributed by atoms with Gasteiger partial charge >= 0.3 is 0 Å². The summed E-state index contributed by atoms with van der Waals surface area (Å²) in [7, 11) is 1.24. The number of carbonyl (C=O) groups is 1. The molecule has 0 atom stereocenters. The van der Waals surface area contributed by atoms with E-state index in [9.17, 15) is 13.2 Å². The second-order valence-corrected chi connectivity index (χ2v) is 10.9. The van der Waals surface area contributed by atoms with E-state index < -0.39 is 10.0 Å². The first-order valence-electron chi connectivity index (χ1n) is 9.05. The number of benzene rings is 1. The molecule has 0 spiro atoms. The fourth-order valence-corrected chi connectivity index (χ4v) is 4.98. The fourth-order valence-electron chi connectivity index (χ4n) is 2.62. The van der Waals surface area contributed by atoms with E-state index in [1.165, 1.54) is 42.9 Å². The molecule has 1 N–H and O–H groups in total. The maximum Gasteiger partial charge on any atom is 0.242 e. The number of sulfonamides is 1. The van der Waals surface area contributed by atoms with Crippen molar-refractivity contribution in [2.75, 3.05) is 25.2 Å². The lowest BCUT2D eigenvalue weighted by molar-refractivity contribution is -0.113. The quantitative estimate of drug-likeness (QED) is 0.514. The minimum Gasteiger partial charge on any atom is -0.325 e. The molecule has 0 bridgehead atoms. The molecule has 2 aromatic heterocycles. The highest BCUT2D eigenvalue weighted by molar-refractivity contribution is 7.99. The van der Waals surface area contributed by atoms with Crippen LogP contribution in [0.25, 0.3) is 0 Å². The summed E-state index contributed by atoms with van der Waals surface area (Å²) in [5, 5.41) is 13.9. The van der Waals surface area contributed by atoms with Crippen LogP contribution >= 0.6 is 23.1 Å². The van der Waals surface area contributed by atoms with Crippen molar-refractivity contribution in [1.82, 2.24) is 19.1 Å². The molecule has 1 aromatic carbocycles. The Morgan fingerprint density at radius 2 is 2.03 bits per heavy atom. The third-order valence-corrected chi connectivity index (χ3v) is 8.14. The number of anilines is 1. The Morgan fingerprint density at radius 3 is 2.70 bits per heavy atom. The molecular weight excluding hydrogens is 442 g/mol. The normalized spacial score (nSPS) is 11.8. The molecule has 0 aliphatic heterocycles. The van der Waals surface area contributed by atoms with Gasteiger partial charge in [0.15, 0.2) is 5.16 Å². The largest absolute Gasteiger partial charge is 0.325 e. The maximum absolute atomic E-state index is 12.5. The van der Waals surface area contributed by atoms with Crippen molar-refractivity contribution in [3.05, 3.63) is 52.0 Å². The van der Waals surface area contributed by atoms with Crippen molar-refractivity contribution in [1.29, 1.82) is 0 Å². The summed E-state index contributed by atoms with van der Waals surface area (Å²) in [6, 6.07) is 8.74. The number of nitrogens with zero attached hydrogens (tertiary/aromatic N) is 4. The van der Waals surface area contributed by atoms with Crippen LogP contribution in [0.4, 0.5) is 5.69 Å². The smallest absolute Gasteiger partial charge is 0.242 e. The van der Waals surface area contributed by atoms with Crippen molar-refractivity contribution in [3.8, 4) is 0 Å². The van der Waals surface area contributed by atoms with Crippen molar-refractivity contribution in [2.24, 2.45) is 7.05 Å². The van der Waals surface area contributed by atoms with Crippen LogP contribution < -0.4 is 5.32 Å². The van der Waals surface area contributed by atoms with Crippen LogP contribution in [0.5, 0.6) is 0 Å². The first kappa shape index (κ1) is 22.5. The molecule has 0 aliphatic rings. The Balaban J connectivity index is 1.65. The van der Waals surface area contributed by atoms with Gasteiger partial charge in [-0.15, -0.1) is 21.5 Å². The lowest BCUT2D eigenvalue weighted by atomic mass is 10.2. The zero-order valence-electron chi connectivity index (χ0n) is 17.1. The minimum absolute atomic E-state index is 0.132. The molecule has 3 rings (SSSR count). The number of hydrogen-bond acceptors (Lipinski definition) is 7. The van der Waals surface area contributed by atoms with Crippen LogP contribution in [-0.2, 0) is 28.3 Å². The van der Waals surface area contributed by atoms with E-state index in [0.29, 0.717) is 17.3 Å². The number of aryl methyl sites for hydroxylation is 1. The van der Waals surface area contributed by atoms with E-state index in [1.54, 1.807) is 17.4 Å². The minimum atomic E-state index is -3.58. The summed E-state index contributed by atoms with van der Waals surface area (Å²) in [5.74, 6) is 0.720. The van der Waals surface area contributed by atoms with E-state index in [2.05, 4.69) is 15.5 Å². The van der Waals surface area contributed by atoms with E-state index in [4.69, 9.17) is 0 Å². The lowest BCUT2D eigenvalue weighted by Crippen LogP contribution is -2.22. The Morgan fingerprint density at radius 1 is 1.27 bits per heavy atom. The summed E-state index contributed by atoms with van der Waals surface area (Å²) >= 11 is 2.95. The highest BCUT2D eigenvalue weighted by atomic mass is 32.2. The molecule has 30 heavy (non-hydrogen) atoms. The van der Waals surface area contributed by atoms with Crippen LogP contribution in [0, 0.1) is 6.92 Å². The van der Waals surface area contributed by atoms with Gasteiger partial charge in [0.05, 0.1) is 10.6 Å². The average molecular weight is 466 g/mol. The Bertz CT molecular complexity index is 1140. The average Bonchev–Trinajstić information content (AvgIpc) is 3.32. The van der Waals surface area contributed by atoms with Gasteiger partial charge in [-0.1, -0.05) is 23.9 Å². The maximum atomic E-state index is 12.5. The van der Waals surface area contributed by atoms with E-state index in [-0.39, 0.29) is 16.6 Å². The number of rotatable bonds is 8. The first-order valence-corrected chi connectivity index (χ1v) is 12.4. The molecule has 3 aromatic rings. The van der Waals surface area contributed by atoms with Crippen molar-refractivity contribution in [2.45, 2.75) is 23.4 Å². The summed E-state index contributed by atoms with van der Waals surface area (Å²) in [5.41, 5.74) is 1.25. The third kappa shape index (κ3) is 5.09. The van der Waals surface area contributed by atoms with Gasteiger partial charge in [-0.25, -0.2) is 12.7 Å². The topological polar surface area (TPSA) is 97.2 Å². The summed E-state index contributed by atoms with van der Waals surface area (Å²) in [6.45, 7) is 1.81. The van der Waals surface area contributed by atoms with Crippen LogP contribution in [0.3, 0.4) is 0 Å². The molecule has 0 saturated carbocycles. The number of amides is 1. The molecular formula is C19H23N5O3S3. The van der Waals surface area contributed by atoms with Crippen LogP contribution in [0.2, 0.25) is 0 Å². The number of carbonyl (C=O) groups excluding carboxylic acids is 1. The lowest BCUT2D eigenvalue weighted by Gasteiger charge is -2.14. The molecule has 1 amide bonds. The predicted octanol–water partition coefficient (Wildman–Crippen LogP) is 2.76. The molecule has 0 aliphatic carbocycles. The highest BCUT2D eigenvalue weighted by Gasteiger charge is 2.19. The Kier molecular flexibility index (Phi) is 6.96. The van der Waals surface area contributed by atoms with E-state index in [0.717, 1.165) is 15.7 Å². The molecule has 8 nitrogen and oxygen atoms in total. The Hall–Kier alpha value is -2.21. The number of thioether (sulfide) groups is 1. The molecule has 2 heterocycles. The van der Waals surface area contributed by atoms with Crippen LogP contribution in [-0.4, -0.2) is 53.2 Å². The summed E-state index contributed by atoms with van der Waals surface area (Å²) in [6.07, 6.45) is 0.695. The zero-order valence-corrected chi connectivity index (χ0v) is 19.6. The number of thiophene rings is 1. The monoisotopic (exact) mass is 465 g/mol. The molecule has 0 radical (unpaired) electrons. The zero-order chi connectivity index (χ0) is 21.9. The Labute approximate surface area is 184 Å². The highest BCUT2D eigenvalue weighted by Crippen LogP contribution is 2.23. The summed E-state index contributed by atoms with van der Waals surface area (Å²) in [4.78, 5) is 13.8. The van der Waals surface area contributed by atoms with E-state index in [1.807, 2.05) is 36.1 Å². The van der Waals surface area contributed by atoms with E-state index >= 15 is 0 Å². The molecule has 0 fully saturated rings. The summed E-state index contributed by atoms with van der Waals surface area (Å²) < 4.78 is 27.7. The third-order valence-electron chi connectivity index (χ3n) is 4.43. The molecule has 0 saturated heterocycles. The van der Waals surface area contributed by atoms with Crippen molar-refractivity contribution in [3.63, 3.8) is 0 Å². The first-order chi connectivity index (χ1) is 14.2. The van der Waals surface area contributed by atoms with Gasteiger partial charge in [0.1, 0.15) is 5.82 Å². The van der Waals surface area contributed by atoms with Gasteiger partial charge < -0.3 is 9.88 Å². The van der Waals surface area contributed by atoms with Crippen LogP contribution in [0.15, 0.2) is 45.8 Å². The van der Waals surface area contributed by atoms with Gasteiger partial charge in [-0.05, 0) is 36.1 Å². The fraction of sp³-hybridized carbons (Fsp3) is 0.316. The second kappa shape index (κ2) is 9.29. The van der Waals surface area contributed by atoms with Crippen LogP contribution in [0.1, 0.15) is 16.3 Å². The number of hydrogen-bond donors (Lipinski definition) is 1. The second-order valence-electron chi connectivity index (χ2n) is 6.81. The van der Waals surface area contributed by atoms with Crippen molar-refractivity contribution >= 4 is 44.7 Å². The standard InChI is InChI=1S/C19H23N5O3S3/c1-13-7-8-15(30(26,27)23(2)3)11-16(13)20-18(25)12-29-19-22-21-17(24(19)4)10-14-6-5-9-28-14/h5-9,11H,10,12H2,1-4H3,(H,20,25). The van der Waals surface area contributed by atoms with Gasteiger partial charge in [-0.3, -0.25) is 4.79 Å². The van der Waals surface area contributed by atoms with Gasteiger partial charge in [0, 0.05) is 38.1 Å². The number of aromatic nitrogens is 3. The number of nitrogens with one attached hydrogen (secondary N) is 1. The molecule has 11 heteroatoms. The van der Waals surface area contributed by atoms with Gasteiger partial charge in [0.2, 0.25) is 15.9 Å².